The number of piperidine rings is 1. The third-order valence-corrected chi connectivity index (χ3v) is 5.35. The Morgan fingerprint density at radius 1 is 1.03 bits per heavy atom. The van der Waals surface area contributed by atoms with E-state index in [-0.39, 0.29) is 22.3 Å². The van der Waals surface area contributed by atoms with Gasteiger partial charge < -0.3 is 10.2 Å². The second-order valence-electron chi connectivity index (χ2n) is 8.45. The molecule has 4 nitrogen and oxygen atoms in total. The maximum atomic E-state index is 14.5. The lowest BCUT2D eigenvalue weighted by atomic mass is 9.87. The van der Waals surface area contributed by atoms with Gasteiger partial charge in [0.15, 0.2) is 5.11 Å². The lowest BCUT2D eigenvalue weighted by Crippen LogP contribution is -2.34. The first-order valence-corrected chi connectivity index (χ1v) is 10.4. The maximum absolute atomic E-state index is 14.5. The summed E-state index contributed by atoms with van der Waals surface area (Å²) >= 11 is 5.22. The van der Waals surface area contributed by atoms with Crippen molar-refractivity contribution in [1.29, 1.82) is 0 Å². The van der Waals surface area contributed by atoms with Crippen molar-refractivity contribution in [3.63, 3.8) is 0 Å². The summed E-state index contributed by atoms with van der Waals surface area (Å²) in [6.07, 6.45) is 3.38. The molecule has 2 aromatic rings. The number of thiocarbonyl (C=S) groups is 1. The van der Waals surface area contributed by atoms with Gasteiger partial charge in [-0.1, -0.05) is 32.9 Å². The lowest BCUT2D eigenvalue weighted by molar-refractivity contribution is 0.0977. The minimum atomic E-state index is -0.298. The fourth-order valence-corrected chi connectivity index (χ4v) is 3.65. The molecule has 29 heavy (non-hydrogen) atoms. The molecule has 1 saturated heterocycles. The van der Waals surface area contributed by atoms with Crippen LogP contribution in [0.3, 0.4) is 0 Å². The quantitative estimate of drug-likeness (QED) is 0.676. The lowest BCUT2D eigenvalue weighted by Gasteiger charge is -2.29. The summed E-state index contributed by atoms with van der Waals surface area (Å²) in [4.78, 5) is 14.5. The van der Waals surface area contributed by atoms with Crippen molar-refractivity contribution < 1.29 is 9.18 Å². The van der Waals surface area contributed by atoms with E-state index in [0.717, 1.165) is 31.5 Å². The minimum Gasteiger partial charge on any atom is -0.369 e. The predicted molar refractivity (Wildman–Crippen MR) is 121 cm³/mol. The number of hydrogen-bond acceptors (Lipinski definition) is 3. The van der Waals surface area contributed by atoms with Gasteiger partial charge in [0.1, 0.15) is 5.82 Å². The number of carbonyl (C=O) groups excluding carboxylic acids is 1. The van der Waals surface area contributed by atoms with Crippen molar-refractivity contribution in [3.8, 4) is 0 Å². The van der Waals surface area contributed by atoms with Gasteiger partial charge in [-0.25, -0.2) is 4.39 Å². The number of halogens is 1. The Bertz CT molecular complexity index is 884. The van der Waals surface area contributed by atoms with Crippen LogP contribution in [0.15, 0.2) is 42.5 Å². The molecule has 2 aromatic carbocycles. The molecule has 3 rings (SSSR count). The highest BCUT2D eigenvalue weighted by Gasteiger charge is 2.16. The number of rotatable bonds is 3. The number of anilines is 2. The summed E-state index contributed by atoms with van der Waals surface area (Å²) in [6, 6.07) is 12.4. The van der Waals surface area contributed by atoms with Gasteiger partial charge in [-0.2, -0.15) is 0 Å². The van der Waals surface area contributed by atoms with Crippen LogP contribution < -0.4 is 15.5 Å². The Kier molecular flexibility index (Phi) is 6.52. The molecule has 0 aromatic heterocycles. The number of hydrogen-bond donors (Lipinski definition) is 2. The molecule has 6 heteroatoms. The standard InChI is InChI=1S/C23H28FN3OS/c1-23(2,3)17-9-7-16(8-10-17)21(28)26-22(29)25-18-11-12-20(19(24)15-18)27-13-5-4-6-14-27/h7-12,15H,4-6,13-14H2,1-3H3,(H2,25,26,28,29). The van der Waals surface area contributed by atoms with Gasteiger partial charge >= 0.3 is 0 Å². The highest BCUT2D eigenvalue weighted by Crippen LogP contribution is 2.26. The van der Waals surface area contributed by atoms with Gasteiger partial charge in [0.05, 0.1) is 5.69 Å². The average molecular weight is 414 g/mol. The molecule has 1 amide bonds. The van der Waals surface area contributed by atoms with Crippen molar-refractivity contribution in [1.82, 2.24) is 5.32 Å². The molecule has 1 fully saturated rings. The first-order chi connectivity index (χ1) is 13.7. The van der Waals surface area contributed by atoms with E-state index < -0.39 is 0 Å². The second-order valence-corrected chi connectivity index (χ2v) is 8.86. The number of amides is 1. The normalized spacial score (nSPS) is 14.4. The molecule has 0 radical (unpaired) electrons. The van der Waals surface area contributed by atoms with Crippen molar-refractivity contribution in [2.45, 2.75) is 45.4 Å². The molecule has 154 valence electrons. The fourth-order valence-electron chi connectivity index (χ4n) is 3.44. The summed E-state index contributed by atoms with van der Waals surface area (Å²) in [5, 5.41) is 5.68. The van der Waals surface area contributed by atoms with Crippen molar-refractivity contribution >= 4 is 34.6 Å². The third-order valence-electron chi connectivity index (χ3n) is 5.14. The van der Waals surface area contributed by atoms with Gasteiger partial charge in [0.2, 0.25) is 0 Å². The highest BCUT2D eigenvalue weighted by atomic mass is 32.1. The van der Waals surface area contributed by atoms with Gasteiger partial charge in [-0.05, 0) is 72.8 Å². The highest BCUT2D eigenvalue weighted by molar-refractivity contribution is 7.80. The van der Waals surface area contributed by atoms with Crippen LogP contribution in [0.5, 0.6) is 0 Å². The predicted octanol–water partition coefficient (Wildman–Crippen LogP) is 5.24. The van der Waals surface area contributed by atoms with Crippen LogP contribution in [0.25, 0.3) is 0 Å². The summed E-state index contributed by atoms with van der Waals surface area (Å²) in [7, 11) is 0. The van der Waals surface area contributed by atoms with Crippen LogP contribution in [-0.4, -0.2) is 24.1 Å². The molecular weight excluding hydrogens is 385 g/mol. The third kappa shape index (κ3) is 5.54. The fraction of sp³-hybridized carbons (Fsp3) is 0.391. The number of carbonyl (C=O) groups is 1. The van der Waals surface area contributed by atoms with Crippen molar-refractivity contribution in [2.75, 3.05) is 23.3 Å². The molecule has 1 aliphatic rings. The Morgan fingerprint density at radius 2 is 1.69 bits per heavy atom. The largest absolute Gasteiger partial charge is 0.369 e. The Balaban J connectivity index is 1.60. The number of nitrogens with zero attached hydrogens (tertiary/aromatic N) is 1. The summed E-state index contributed by atoms with van der Waals surface area (Å²) in [5.41, 5.74) is 2.82. The van der Waals surface area contributed by atoms with Crippen LogP contribution in [0.2, 0.25) is 0 Å². The van der Waals surface area contributed by atoms with E-state index in [4.69, 9.17) is 12.2 Å². The van der Waals surface area contributed by atoms with Crippen LogP contribution >= 0.6 is 12.2 Å². The molecule has 0 saturated carbocycles. The number of nitrogens with one attached hydrogen (secondary N) is 2. The molecule has 0 unspecified atom stereocenters. The summed E-state index contributed by atoms with van der Waals surface area (Å²) in [5.74, 6) is -0.586. The molecular formula is C23H28FN3OS. The smallest absolute Gasteiger partial charge is 0.257 e. The summed E-state index contributed by atoms with van der Waals surface area (Å²) < 4.78 is 14.5. The van der Waals surface area contributed by atoms with E-state index in [2.05, 4.69) is 36.3 Å². The van der Waals surface area contributed by atoms with Crippen LogP contribution in [0, 0.1) is 5.82 Å². The first kappa shape index (κ1) is 21.2. The van der Waals surface area contributed by atoms with Gasteiger partial charge in [0.25, 0.3) is 5.91 Å². The van der Waals surface area contributed by atoms with E-state index in [9.17, 15) is 9.18 Å². The second kappa shape index (κ2) is 8.91. The zero-order valence-electron chi connectivity index (χ0n) is 17.2. The Hall–Kier alpha value is -2.47. The van der Waals surface area contributed by atoms with E-state index >= 15 is 0 Å². The van der Waals surface area contributed by atoms with Gasteiger partial charge in [-0.15, -0.1) is 0 Å². The van der Waals surface area contributed by atoms with E-state index in [1.807, 2.05) is 12.1 Å². The molecule has 1 aliphatic heterocycles. The van der Waals surface area contributed by atoms with Crippen molar-refractivity contribution in [2.24, 2.45) is 0 Å². The monoisotopic (exact) mass is 413 g/mol. The van der Waals surface area contributed by atoms with E-state index in [1.165, 1.54) is 12.5 Å². The molecule has 1 heterocycles. The molecule has 0 bridgehead atoms. The van der Waals surface area contributed by atoms with Gasteiger partial charge in [-0.3, -0.25) is 10.1 Å². The zero-order chi connectivity index (χ0) is 21.0. The van der Waals surface area contributed by atoms with E-state index in [0.29, 0.717) is 16.9 Å². The minimum absolute atomic E-state index is 0.0241. The molecule has 0 atom stereocenters. The number of benzene rings is 2. The topological polar surface area (TPSA) is 44.4 Å². The van der Waals surface area contributed by atoms with E-state index in [1.54, 1.807) is 24.3 Å². The van der Waals surface area contributed by atoms with Crippen LogP contribution in [-0.2, 0) is 5.41 Å². The maximum Gasteiger partial charge on any atom is 0.257 e. The van der Waals surface area contributed by atoms with Crippen LogP contribution in [0.1, 0.15) is 56.0 Å². The zero-order valence-corrected chi connectivity index (χ0v) is 18.0. The van der Waals surface area contributed by atoms with Crippen molar-refractivity contribution in [3.05, 3.63) is 59.4 Å². The molecule has 2 N–H and O–H groups in total. The average Bonchev–Trinajstić information content (AvgIpc) is 2.68. The molecule has 0 aliphatic carbocycles. The molecule has 0 spiro atoms. The van der Waals surface area contributed by atoms with Gasteiger partial charge in [0, 0.05) is 24.3 Å². The first-order valence-electron chi connectivity index (χ1n) is 10.0. The SMILES string of the molecule is CC(C)(C)c1ccc(C(=O)NC(=S)Nc2ccc(N3CCCCC3)c(F)c2)cc1. The van der Waals surface area contributed by atoms with Crippen LogP contribution in [0.4, 0.5) is 15.8 Å². The summed E-state index contributed by atoms with van der Waals surface area (Å²) in [6.45, 7) is 8.13. The Morgan fingerprint density at radius 3 is 2.28 bits per heavy atom. The Labute approximate surface area is 177 Å².